The van der Waals surface area contributed by atoms with Gasteiger partial charge in [-0.15, -0.1) is 0 Å². The lowest BCUT2D eigenvalue weighted by molar-refractivity contribution is 0.0211. The number of nitrogens with one attached hydrogen (secondary N) is 1. The molecule has 4 nitrogen and oxygen atoms in total. The van der Waals surface area contributed by atoms with Crippen LogP contribution in [0.15, 0.2) is 18.2 Å². The van der Waals surface area contributed by atoms with Crippen molar-refractivity contribution in [2.24, 2.45) is 5.92 Å². The zero-order valence-electron chi connectivity index (χ0n) is 15.0. The Morgan fingerprint density at radius 1 is 1.17 bits per heavy atom. The molecule has 3 rings (SSSR count). The molecule has 132 valence electrons. The summed E-state index contributed by atoms with van der Waals surface area (Å²) >= 11 is 0. The van der Waals surface area contributed by atoms with E-state index in [0.717, 1.165) is 49.5 Å². The zero-order chi connectivity index (χ0) is 16.9. The van der Waals surface area contributed by atoms with Gasteiger partial charge in [0.2, 0.25) is 0 Å². The molecule has 0 aliphatic carbocycles. The van der Waals surface area contributed by atoms with Gasteiger partial charge in [-0.1, -0.05) is 17.7 Å². The highest BCUT2D eigenvalue weighted by Crippen LogP contribution is 2.23. The molecular weight excluding hydrogens is 300 g/mol. The third-order valence-electron chi connectivity index (χ3n) is 5.55. The van der Waals surface area contributed by atoms with Gasteiger partial charge in [0.25, 0.3) is 5.91 Å². The summed E-state index contributed by atoms with van der Waals surface area (Å²) in [6.07, 6.45) is 4.72. The second-order valence-corrected chi connectivity index (χ2v) is 7.35. The van der Waals surface area contributed by atoms with E-state index in [9.17, 15) is 4.79 Å². The van der Waals surface area contributed by atoms with Crippen LogP contribution in [0.2, 0.25) is 0 Å². The Hall–Kier alpha value is -1.39. The average molecular weight is 330 g/mol. The molecule has 4 heteroatoms. The normalized spacial score (nSPS) is 20.9. The van der Waals surface area contributed by atoms with E-state index in [0.29, 0.717) is 12.0 Å². The maximum absolute atomic E-state index is 12.4. The van der Waals surface area contributed by atoms with Gasteiger partial charge in [-0.25, -0.2) is 0 Å². The Balaban J connectivity index is 1.44. The van der Waals surface area contributed by atoms with Crippen molar-refractivity contribution in [2.45, 2.75) is 45.6 Å². The Kier molecular flexibility index (Phi) is 5.90. The maximum atomic E-state index is 12.4. The molecule has 1 aromatic rings. The van der Waals surface area contributed by atoms with Crippen molar-refractivity contribution in [3.63, 3.8) is 0 Å². The minimum Gasteiger partial charge on any atom is -0.381 e. The SMILES string of the molecule is Cc1ccc(C)c(C(=O)NCC2CCN(C3CCOCC3)CC2)c1. The molecular formula is C20H30N2O2. The lowest BCUT2D eigenvalue weighted by Gasteiger charge is -2.39. The van der Waals surface area contributed by atoms with Crippen molar-refractivity contribution in [1.29, 1.82) is 0 Å². The van der Waals surface area contributed by atoms with Gasteiger partial charge in [0.1, 0.15) is 0 Å². The van der Waals surface area contributed by atoms with Gasteiger partial charge in [-0.3, -0.25) is 4.79 Å². The van der Waals surface area contributed by atoms with E-state index in [1.165, 1.54) is 25.7 Å². The topological polar surface area (TPSA) is 41.6 Å². The van der Waals surface area contributed by atoms with E-state index in [1.54, 1.807) is 0 Å². The number of nitrogens with zero attached hydrogens (tertiary/aromatic N) is 1. The smallest absolute Gasteiger partial charge is 0.251 e. The van der Waals surface area contributed by atoms with Crippen LogP contribution in [-0.2, 0) is 4.74 Å². The summed E-state index contributed by atoms with van der Waals surface area (Å²) in [7, 11) is 0. The number of likely N-dealkylation sites (tertiary alicyclic amines) is 1. The van der Waals surface area contributed by atoms with Crippen LogP contribution in [0.4, 0.5) is 0 Å². The van der Waals surface area contributed by atoms with Crippen molar-refractivity contribution in [2.75, 3.05) is 32.8 Å². The third kappa shape index (κ3) is 4.37. The van der Waals surface area contributed by atoms with Crippen LogP contribution in [0, 0.1) is 19.8 Å². The number of hydrogen-bond acceptors (Lipinski definition) is 3. The van der Waals surface area contributed by atoms with E-state index in [-0.39, 0.29) is 5.91 Å². The van der Waals surface area contributed by atoms with E-state index in [1.807, 2.05) is 26.0 Å². The molecule has 0 spiro atoms. The van der Waals surface area contributed by atoms with Gasteiger partial charge in [0, 0.05) is 31.4 Å². The first-order valence-corrected chi connectivity index (χ1v) is 9.30. The second-order valence-electron chi connectivity index (χ2n) is 7.35. The fraction of sp³-hybridized carbons (Fsp3) is 0.650. The van der Waals surface area contributed by atoms with Crippen molar-refractivity contribution in [3.05, 3.63) is 34.9 Å². The molecule has 0 atom stereocenters. The quantitative estimate of drug-likeness (QED) is 0.923. The minimum atomic E-state index is 0.0723. The molecule has 0 aromatic heterocycles. The lowest BCUT2D eigenvalue weighted by atomic mass is 9.94. The van der Waals surface area contributed by atoms with Gasteiger partial charge in [-0.2, -0.15) is 0 Å². The van der Waals surface area contributed by atoms with E-state index in [4.69, 9.17) is 4.74 Å². The van der Waals surface area contributed by atoms with Gasteiger partial charge >= 0.3 is 0 Å². The van der Waals surface area contributed by atoms with Crippen molar-refractivity contribution in [1.82, 2.24) is 10.2 Å². The van der Waals surface area contributed by atoms with Crippen LogP contribution >= 0.6 is 0 Å². The fourth-order valence-electron chi connectivity index (χ4n) is 3.89. The first kappa shape index (κ1) is 17.4. The second kappa shape index (κ2) is 8.13. The van der Waals surface area contributed by atoms with Crippen molar-refractivity contribution >= 4 is 5.91 Å². The highest BCUT2D eigenvalue weighted by atomic mass is 16.5. The van der Waals surface area contributed by atoms with E-state index < -0.39 is 0 Å². The number of piperidine rings is 1. The first-order valence-electron chi connectivity index (χ1n) is 9.30. The predicted octanol–water partition coefficient (Wildman–Crippen LogP) is 2.92. The van der Waals surface area contributed by atoms with Crippen LogP contribution < -0.4 is 5.32 Å². The Bertz CT molecular complexity index is 559. The third-order valence-corrected chi connectivity index (χ3v) is 5.55. The molecule has 1 amide bonds. The number of benzene rings is 1. The van der Waals surface area contributed by atoms with Gasteiger partial charge < -0.3 is 15.0 Å². The first-order chi connectivity index (χ1) is 11.6. The van der Waals surface area contributed by atoms with Crippen molar-refractivity contribution in [3.8, 4) is 0 Å². The number of hydrogen-bond donors (Lipinski definition) is 1. The largest absolute Gasteiger partial charge is 0.381 e. The van der Waals surface area contributed by atoms with Crippen LogP contribution in [-0.4, -0.2) is 49.7 Å². The Labute approximate surface area is 145 Å². The van der Waals surface area contributed by atoms with Crippen LogP contribution in [0.5, 0.6) is 0 Å². The van der Waals surface area contributed by atoms with Crippen LogP contribution in [0.25, 0.3) is 0 Å². The molecule has 0 radical (unpaired) electrons. The molecule has 24 heavy (non-hydrogen) atoms. The lowest BCUT2D eigenvalue weighted by Crippen LogP contribution is -2.45. The summed E-state index contributed by atoms with van der Waals surface area (Å²) in [6, 6.07) is 6.77. The molecule has 1 N–H and O–H groups in total. The number of carbonyl (C=O) groups excluding carboxylic acids is 1. The van der Waals surface area contributed by atoms with Gasteiger partial charge in [0.15, 0.2) is 0 Å². The summed E-state index contributed by atoms with van der Waals surface area (Å²) in [5.74, 6) is 0.679. The summed E-state index contributed by atoms with van der Waals surface area (Å²) in [5.41, 5.74) is 3.00. The van der Waals surface area contributed by atoms with Gasteiger partial charge in [-0.05, 0) is 70.2 Å². The molecule has 0 unspecified atom stereocenters. The molecule has 2 aliphatic heterocycles. The molecule has 2 aliphatic rings. The number of rotatable bonds is 4. The number of aryl methyl sites for hydroxylation is 2. The van der Waals surface area contributed by atoms with E-state index in [2.05, 4.69) is 16.3 Å². The Morgan fingerprint density at radius 2 is 1.88 bits per heavy atom. The molecule has 2 saturated heterocycles. The molecule has 2 fully saturated rings. The molecule has 0 bridgehead atoms. The maximum Gasteiger partial charge on any atom is 0.251 e. The Morgan fingerprint density at radius 3 is 2.58 bits per heavy atom. The van der Waals surface area contributed by atoms with Crippen LogP contribution in [0.3, 0.4) is 0 Å². The number of amides is 1. The average Bonchev–Trinajstić information content (AvgIpc) is 2.63. The summed E-state index contributed by atoms with van der Waals surface area (Å²) in [5, 5.41) is 3.15. The van der Waals surface area contributed by atoms with Crippen LogP contribution in [0.1, 0.15) is 47.2 Å². The van der Waals surface area contributed by atoms with Gasteiger partial charge in [0.05, 0.1) is 0 Å². The monoisotopic (exact) mass is 330 g/mol. The minimum absolute atomic E-state index is 0.0723. The summed E-state index contributed by atoms with van der Waals surface area (Å²) < 4.78 is 5.46. The molecule has 1 aromatic carbocycles. The number of carbonyl (C=O) groups is 1. The van der Waals surface area contributed by atoms with E-state index >= 15 is 0 Å². The predicted molar refractivity (Wildman–Crippen MR) is 96.4 cm³/mol. The summed E-state index contributed by atoms with van der Waals surface area (Å²) in [6.45, 7) is 8.98. The van der Waals surface area contributed by atoms with Crippen molar-refractivity contribution < 1.29 is 9.53 Å². The standard InChI is InChI=1S/C20H30N2O2/c1-15-3-4-16(2)19(13-15)20(23)21-14-17-5-9-22(10-6-17)18-7-11-24-12-8-18/h3-4,13,17-18H,5-12,14H2,1-2H3,(H,21,23). The summed E-state index contributed by atoms with van der Waals surface area (Å²) in [4.78, 5) is 15.1. The zero-order valence-corrected chi connectivity index (χ0v) is 15.0. The number of ether oxygens (including phenoxy) is 1. The molecule has 2 heterocycles. The molecule has 0 saturated carbocycles. The highest BCUT2D eigenvalue weighted by Gasteiger charge is 2.26. The highest BCUT2D eigenvalue weighted by molar-refractivity contribution is 5.95. The fourth-order valence-corrected chi connectivity index (χ4v) is 3.89.